The van der Waals surface area contributed by atoms with Crippen molar-refractivity contribution in [2.24, 2.45) is 0 Å². The van der Waals surface area contributed by atoms with E-state index >= 15 is 0 Å². The summed E-state index contributed by atoms with van der Waals surface area (Å²) in [6.07, 6.45) is 0.902. The Hall–Kier alpha value is -3.07. The van der Waals surface area contributed by atoms with Gasteiger partial charge >= 0.3 is 6.03 Å². The van der Waals surface area contributed by atoms with Crippen LogP contribution in [0.2, 0.25) is 0 Å². The van der Waals surface area contributed by atoms with E-state index in [-0.39, 0.29) is 6.03 Å². The predicted molar refractivity (Wildman–Crippen MR) is 101 cm³/mol. The second-order valence-electron chi connectivity index (χ2n) is 6.23. The van der Waals surface area contributed by atoms with Crippen LogP contribution in [0.3, 0.4) is 0 Å². The molecule has 0 unspecified atom stereocenters. The molecule has 3 heteroatoms. The summed E-state index contributed by atoms with van der Waals surface area (Å²) in [6.45, 7) is 1.40. The molecule has 0 saturated heterocycles. The van der Waals surface area contributed by atoms with Crippen LogP contribution < -0.4 is 4.90 Å². The third-order valence-corrected chi connectivity index (χ3v) is 4.62. The van der Waals surface area contributed by atoms with Gasteiger partial charge in [0.25, 0.3) is 0 Å². The molecule has 0 N–H and O–H groups in total. The molecule has 3 nitrogen and oxygen atoms in total. The number of amides is 2. The van der Waals surface area contributed by atoms with Gasteiger partial charge in [-0.15, -0.1) is 0 Å². The number of nitrogens with zero attached hydrogens (tertiary/aromatic N) is 2. The van der Waals surface area contributed by atoms with Crippen molar-refractivity contribution in [1.29, 1.82) is 0 Å². The smallest absolute Gasteiger partial charge is 0.319 e. The van der Waals surface area contributed by atoms with Crippen LogP contribution >= 0.6 is 0 Å². The number of carbonyl (C=O) groups is 1. The lowest BCUT2D eigenvalue weighted by molar-refractivity contribution is 0.202. The average Bonchev–Trinajstić information content (AvgIpc) is 2.69. The molecular weight excluding hydrogens is 308 g/mol. The largest absolute Gasteiger partial charge is 0.329 e. The van der Waals surface area contributed by atoms with E-state index in [9.17, 15) is 4.79 Å². The van der Waals surface area contributed by atoms with Crippen molar-refractivity contribution in [3.05, 3.63) is 96.1 Å². The van der Waals surface area contributed by atoms with Gasteiger partial charge in [-0.2, -0.15) is 0 Å². The fourth-order valence-electron chi connectivity index (χ4n) is 3.32. The Labute approximate surface area is 148 Å². The molecule has 1 aliphatic heterocycles. The van der Waals surface area contributed by atoms with Crippen LogP contribution in [-0.4, -0.2) is 17.5 Å². The zero-order chi connectivity index (χ0) is 17.1. The number of benzene rings is 3. The number of hydrogen-bond acceptors (Lipinski definition) is 1. The molecule has 0 bridgehead atoms. The van der Waals surface area contributed by atoms with Crippen molar-refractivity contribution in [3.8, 4) is 0 Å². The summed E-state index contributed by atoms with van der Waals surface area (Å²) in [6, 6.07) is 28.1. The molecule has 0 radical (unpaired) electrons. The molecule has 0 atom stereocenters. The molecule has 0 fully saturated rings. The van der Waals surface area contributed by atoms with Crippen molar-refractivity contribution in [1.82, 2.24) is 4.90 Å². The first-order valence-electron chi connectivity index (χ1n) is 8.59. The number of rotatable bonds is 2. The van der Waals surface area contributed by atoms with Crippen LogP contribution in [0.4, 0.5) is 16.2 Å². The number of carbonyl (C=O) groups excluding carboxylic acids is 1. The first-order valence-corrected chi connectivity index (χ1v) is 8.59. The van der Waals surface area contributed by atoms with Crippen LogP contribution in [0.5, 0.6) is 0 Å². The highest BCUT2D eigenvalue weighted by atomic mass is 16.2. The molecule has 1 aliphatic rings. The van der Waals surface area contributed by atoms with Gasteiger partial charge in [0.2, 0.25) is 0 Å². The minimum absolute atomic E-state index is 0.0203. The van der Waals surface area contributed by atoms with Gasteiger partial charge in [-0.05, 0) is 41.8 Å². The number of para-hydroxylation sites is 2. The summed E-state index contributed by atoms with van der Waals surface area (Å²) in [5.41, 5.74) is 4.36. The molecule has 0 aromatic heterocycles. The Morgan fingerprint density at radius 3 is 1.84 bits per heavy atom. The number of anilines is 2. The highest BCUT2D eigenvalue weighted by Crippen LogP contribution is 2.28. The summed E-state index contributed by atoms with van der Waals surface area (Å²) in [7, 11) is 0. The highest BCUT2D eigenvalue weighted by Gasteiger charge is 2.26. The molecule has 25 heavy (non-hydrogen) atoms. The Morgan fingerprint density at radius 1 is 0.720 bits per heavy atom. The van der Waals surface area contributed by atoms with E-state index in [1.807, 2.05) is 71.6 Å². The third-order valence-electron chi connectivity index (χ3n) is 4.62. The van der Waals surface area contributed by atoms with Crippen LogP contribution in [0.25, 0.3) is 0 Å². The van der Waals surface area contributed by atoms with Crippen molar-refractivity contribution in [3.63, 3.8) is 0 Å². The van der Waals surface area contributed by atoms with E-state index < -0.39 is 0 Å². The molecule has 0 spiro atoms. The molecule has 3 aromatic rings. The fourth-order valence-corrected chi connectivity index (χ4v) is 3.32. The van der Waals surface area contributed by atoms with Gasteiger partial charge in [-0.1, -0.05) is 60.7 Å². The monoisotopic (exact) mass is 328 g/mol. The molecule has 1 heterocycles. The maximum Gasteiger partial charge on any atom is 0.329 e. The SMILES string of the molecule is O=C(N1CCc2ccccc2C1)N(c1ccccc1)c1ccccc1. The van der Waals surface area contributed by atoms with Gasteiger partial charge in [0.15, 0.2) is 0 Å². The first kappa shape index (κ1) is 15.5. The van der Waals surface area contributed by atoms with Gasteiger partial charge in [0, 0.05) is 13.1 Å². The van der Waals surface area contributed by atoms with E-state index in [2.05, 4.69) is 18.2 Å². The summed E-state index contributed by atoms with van der Waals surface area (Å²) < 4.78 is 0. The van der Waals surface area contributed by atoms with Crippen molar-refractivity contribution < 1.29 is 4.79 Å². The van der Waals surface area contributed by atoms with Crippen molar-refractivity contribution in [2.75, 3.05) is 11.4 Å². The van der Waals surface area contributed by atoms with Crippen molar-refractivity contribution >= 4 is 17.4 Å². The minimum atomic E-state index is 0.0203. The Bertz CT molecular complexity index is 822. The second kappa shape index (κ2) is 6.81. The van der Waals surface area contributed by atoms with E-state index in [0.29, 0.717) is 6.54 Å². The third kappa shape index (κ3) is 3.13. The Balaban J connectivity index is 1.67. The summed E-state index contributed by atoms with van der Waals surface area (Å²) >= 11 is 0. The minimum Gasteiger partial charge on any atom is -0.319 e. The van der Waals surface area contributed by atoms with Gasteiger partial charge in [-0.25, -0.2) is 4.79 Å². The topological polar surface area (TPSA) is 23.6 Å². The predicted octanol–water partition coefficient (Wildman–Crippen LogP) is 5.00. The van der Waals surface area contributed by atoms with Gasteiger partial charge in [0.05, 0.1) is 11.4 Å². The molecule has 3 aromatic carbocycles. The van der Waals surface area contributed by atoms with Gasteiger partial charge in [-0.3, -0.25) is 4.90 Å². The Morgan fingerprint density at radius 2 is 1.24 bits per heavy atom. The van der Waals surface area contributed by atoms with Crippen LogP contribution in [0.1, 0.15) is 11.1 Å². The maximum atomic E-state index is 13.4. The normalized spacial score (nSPS) is 13.2. The van der Waals surface area contributed by atoms with E-state index in [1.54, 1.807) is 4.90 Å². The van der Waals surface area contributed by atoms with Gasteiger partial charge in [0.1, 0.15) is 0 Å². The summed E-state index contributed by atoms with van der Waals surface area (Å²) in [5, 5.41) is 0. The lowest BCUT2D eigenvalue weighted by Gasteiger charge is -2.34. The molecule has 124 valence electrons. The Kier molecular flexibility index (Phi) is 4.21. The summed E-state index contributed by atoms with van der Waals surface area (Å²) in [4.78, 5) is 17.1. The number of fused-ring (bicyclic) bond motifs is 1. The lowest BCUT2D eigenvalue weighted by Crippen LogP contribution is -2.43. The van der Waals surface area contributed by atoms with Crippen LogP contribution in [-0.2, 0) is 13.0 Å². The zero-order valence-electron chi connectivity index (χ0n) is 14.0. The van der Waals surface area contributed by atoms with Crippen LogP contribution in [0, 0.1) is 0 Å². The van der Waals surface area contributed by atoms with Crippen LogP contribution in [0.15, 0.2) is 84.9 Å². The second-order valence-corrected chi connectivity index (χ2v) is 6.23. The maximum absolute atomic E-state index is 13.4. The fraction of sp³-hybridized carbons (Fsp3) is 0.136. The number of urea groups is 1. The molecule has 0 aliphatic carbocycles. The molecular formula is C22H20N2O. The first-order chi connectivity index (χ1) is 12.3. The lowest BCUT2D eigenvalue weighted by atomic mass is 10.0. The highest BCUT2D eigenvalue weighted by molar-refractivity contribution is 5.99. The van der Waals surface area contributed by atoms with Gasteiger partial charge < -0.3 is 4.90 Å². The molecule has 2 amide bonds. The zero-order valence-corrected chi connectivity index (χ0v) is 14.0. The average molecular weight is 328 g/mol. The van der Waals surface area contributed by atoms with E-state index in [4.69, 9.17) is 0 Å². The molecule has 0 saturated carbocycles. The standard InChI is InChI=1S/C22H20N2O/c25-22(23-16-15-18-9-7-8-10-19(18)17-23)24(20-11-3-1-4-12-20)21-13-5-2-6-14-21/h1-14H,15-17H2. The number of hydrogen-bond donors (Lipinski definition) is 0. The van der Waals surface area contributed by atoms with E-state index in [1.165, 1.54) is 11.1 Å². The van der Waals surface area contributed by atoms with E-state index in [0.717, 1.165) is 24.3 Å². The van der Waals surface area contributed by atoms with Crippen molar-refractivity contribution in [2.45, 2.75) is 13.0 Å². The quantitative estimate of drug-likeness (QED) is 0.649. The summed E-state index contributed by atoms with van der Waals surface area (Å²) in [5.74, 6) is 0. The molecule has 4 rings (SSSR count).